The Kier molecular flexibility index (Phi) is 4.11. The molecule has 18 heavy (non-hydrogen) atoms. The molecule has 2 rings (SSSR count). The van der Waals surface area contributed by atoms with Crippen molar-refractivity contribution < 1.29 is 0 Å². The summed E-state index contributed by atoms with van der Waals surface area (Å²) in [6.07, 6.45) is 2.72. The molecule has 1 heteroatoms. The first kappa shape index (κ1) is 13.6. The van der Waals surface area contributed by atoms with E-state index in [1.807, 2.05) is 0 Å². The number of aryl methyl sites for hydroxylation is 3. The molecule has 1 aliphatic rings. The second kappa shape index (κ2) is 5.44. The first-order valence-electron chi connectivity index (χ1n) is 7.29. The normalized spacial score (nSPS) is 27.7. The Morgan fingerprint density at radius 1 is 1.06 bits per heavy atom. The quantitative estimate of drug-likeness (QED) is 0.844. The molecular formula is C17H27N. The predicted octanol–water partition coefficient (Wildman–Crippen LogP) is 4.14. The number of benzene rings is 1. The molecule has 0 radical (unpaired) electrons. The molecule has 100 valence electrons. The lowest BCUT2D eigenvalue weighted by molar-refractivity contribution is 0.369. The van der Waals surface area contributed by atoms with Crippen LogP contribution in [-0.4, -0.2) is 6.04 Å². The van der Waals surface area contributed by atoms with Crippen LogP contribution in [-0.2, 0) is 6.54 Å². The Hall–Kier alpha value is -0.820. The summed E-state index contributed by atoms with van der Waals surface area (Å²) in [7, 11) is 0. The van der Waals surface area contributed by atoms with Crippen LogP contribution in [0.3, 0.4) is 0 Å². The third-order valence-electron chi connectivity index (χ3n) is 4.85. The highest BCUT2D eigenvalue weighted by Crippen LogP contribution is 2.31. The smallest absolute Gasteiger partial charge is 0.0213 e. The minimum Gasteiger partial charge on any atom is -0.310 e. The number of hydrogen-bond donors (Lipinski definition) is 1. The maximum Gasteiger partial charge on any atom is 0.0213 e. The molecule has 0 heterocycles. The lowest BCUT2D eigenvalue weighted by Crippen LogP contribution is -2.32. The van der Waals surface area contributed by atoms with E-state index >= 15 is 0 Å². The number of nitrogens with one attached hydrogen (secondary N) is 1. The van der Waals surface area contributed by atoms with Gasteiger partial charge in [-0.3, -0.25) is 0 Å². The maximum atomic E-state index is 3.78. The maximum absolute atomic E-state index is 3.78. The van der Waals surface area contributed by atoms with Gasteiger partial charge < -0.3 is 5.32 Å². The molecule has 1 nitrogen and oxygen atoms in total. The molecule has 1 saturated carbocycles. The highest BCUT2D eigenvalue weighted by Gasteiger charge is 2.29. The predicted molar refractivity (Wildman–Crippen MR) is 78.8 cm³/mol. The molecule has 3 unspecified atom stereocenters. The van der Waals surface area contributed by atoms with Gasteiger partial charge >= 0.3 is 0 Å². The van der Waals surface area contributed by atoms with Gasteiger partial charge in [0.15, 0.2) is 0 Å². The summed E-state index contributed by atoms with van der Waals surface area (Å²) in [6.45, 7) is 12.5. The summed E-state index contributed by atoms with van der Waals surface area (Å²) in [6, 6.07) is 5.30. The second-order valence-electron chi connectivity index (χ2n) is 6.28. The zero-order valence-electron chi connectivity index (χ0n) is 12.5. The summed E-state index contributed by atoms with van der Waals surface area (Å²) >= 11 is 0. The van der Waals surface area contributed by atoms with Crippen LogP contribution in [0.15, 0.2) is 12.1 Å². The molecule has 1 fully saturated rings. The van der Waals surface area contributed by atoms with Crippen molar-refractivity contribution in [3.8, 4) is 0 Å². The lowest BCUT2D eigenvalue weighted by Gasteiger charge is -2.21. The SMILES string of the molecule is Cc1cc(C)c(CNC2CCC(C)C2C)c(C)c1. The third kappa shape index (κ3) is 2.77. The van der Waals surface area contributed by atoms with Gasteiger partial charge in [0.05, 0.1) is 0 Å². The summed E-state index contributed by atoms with van der Waals surface area (Å²) in [5, 5.41) is 3.78. The van der Waals surface area contributed by atoms with Crippen LogP contribution in [0.25, 0.3) is 0 Å². The Bertz CT molecular complexity index is 399. The van der Waals surface area contributed by atoms with Gasteiger partial charge in [0.25, 0.3) is 0 Å². The van der Waals surface area contributed by atoms with Gasteiger partial charge in [-0.15, -0.1) is 0 Å². The second-order valence-corrected chi connectivity index (χ2v) is 6.28. The van der Waals surface area contributed by atoms with E-state index in [2.05, 4.69) is 52.1 Å². The minimum absolute atomic E-state index is 0.708. The average molecular weight is 245 g/mol. The summed E-state index contributed by atoms with van der Waals surface area (Å²) in [4.78, 5) is 0. The minimum atomic E-state index is 0.708. The summed E-state index contributed by atoms with van der Waals surface area (Å²) in [5.74, 6) is 1.69. The molecule has 0 aliphatic heterocycles. The molecule has 3 atom stereocenters. The van der Waals surface area contributed by atoms with Crippen molar-refractivity contribution in [3.05, 3.63) is 34.4 Å². The molecule has 0 bridgehead atoms. The Balaban J connectivity index is 2.03. The largest absolute Gasteiger partial charge is 0.310 e. The van der Waals surface area contributed by atoms with E-state index in [0.717, 1.165) is 18.4 Å². The summed E-state index contributed by atoms with van der Waals surface area (Å²) in [5.41, 5.74) is 5.72. The van der Waals surface area contributed by atoms with Crippen LogP contribution in [0, 0.1) is 32.6 Å². The fourth-order valence-corrected chi connectivity index (χ4v) is 3.37. The third-order valence-corrected chi connectivity index (χ3v) is 4.85. The van der Waals surface area contributed by atoms with Crippen LogP contribution in [0.1, 0.15) is 48.9 Å². The average Bonchev–Trinajstić information content (AvgIpc) is 2.59. The van der Waals surface area contributed by atoms with E-state index < -0.39 is 0 Å². The Morgan fingerprint density at radius 3 is 2.17 bits per heavy atom. The number of hydrogen-bond acceptors (Lipinski definition) is 1. The molecule has 1 aliphatic carbocycles. The molecule has 0 aromatic heterocycles. The van der Waals surface area contributed by atoms with Crippen LogP contribution in [0.5, 0.6) is 0 Å². The lowest BCUT2D eigenvalue weighted by atomic mass is 9.96. The van der Waals surface area contributed by atoms with E-state index in [0.29, 0.717) is 6.04 Å². The first-order valence-corrected chi connectivity index (χ1v) is 7.29. The van der Waals surface area contributed by atoms with Crippen molar-refractivity contribution in [1.82, 2.24) is 5.32 Å². The Morgan fingerprint density at radius 2 is 1.67 bits per heavy atom. The van der Waals surface area contributed by atoms with Gasteiger partial charge in [-0.25, -0.2) is 0 Å². The van der Waals surface area contributed by atoms with Gasteiger partial charge in [-0.05, 0) is 62.1 Å². The van der Waals surface area contributed by atoms with Gasteiger partial charge in [0.2, 0.25) is 0 Å². The van der Waals surface area contributed by atoms with Gasteiger partial charge in [0.1, 0.15) is 0 Å². The van der Waals surface area contributed by atoms with Crippen molar-refractivity contribution in [1.29, 1.82) is 0 Å². The van der Waals surface area contributed by atoms with Crippen molar-refractivity contribution in [3.63, 3.8) is 0 Å². The first-order chi connectivity index (χ1) is 8.49. The molecular weight excluding hydrogens is 218 g/mol. The van der Waals surface area contributed by atoms with E-state index in [9.17, 15) is 0 Å². The summed E-state index contributed by atoms with van der Waals surface area (Å²) < 4.78 is 0. The van der Waals surface area contributed by atoms with E-state index in [1.165, 1.54) is 35.1 Å². The van der Waals surface area contributed by atoms with Crippen LogP contribution >= 0.6 is 0 Å². The van der Waals surface area contributed by atoms with E-state index in [-0.39, 0.29) is 0 Å². The molecule has 1 aromatic rings. The molecule has 1 N–H and O–H groups in total. The van der Waals surface area contributed by atoms with Crippen molar-refractivity contribution in [2.75, 3.05) is 0 Å². The zero-order chi connectivity index (χ0) is 13.3. The Labute approximate surface area is 112 Å². The van der Waals surface area contributed by atoms with Gasteiger partial charge in [-0.1, -0.05) is 31.5 Å². The standard InChI is InChI=1S/C17H27N/c1-11-8-13(3)16(14(4)9-11)10-18-17-7-6-12(2)15(17)5/h8-9,12,15,17-18H,6-7,10H2,1-5H3. The molecule has 0 amide bonds. The van der Waals surface area contributed by atoms with Gasteiger partial charge in [-0.2, -0.15) is 0 Å². The molecule has 0 saturated heterocycles. The van der Waals surface area contributed by atoms with Crippen molar-refractivity contribution >= 4 is 0 Å². The zero-order valence-corrected chi connectivity index (χ0v) is 12.5. The fourth-order valence-electron chi connectivity index (χ4n) is 3.37. The van der Waals surface area contributed by atoms with Crippen molar-refractivity contribution in [2.45, 2.75) is 60.0 Å². The van der Waals surface area contributed by atoms with Crippen molar-refractivity contribution in [2.24, 2.45) is 11.8 Å². The van der Waals surface area contributed by atoms with E-state index in [1.54, 1.807) is 0 Å². The van der Waals surface area contributed by atoms with E-state index in [4.69, 9.17) is 0 Å². The molecule has 0 spiro atoms. The topological polar surface area (TPSA) is 12.0 Å². The van der Waals surface area contributed by atoms with Gasteiger partial charge in [0, 0.05) is 12.6 Å². The number of rotatable bonds is 3. The molecule has 1 aromatic carbocycles. The highest BCUT2D eigenvalue weighted by atomic mass is 14.9. The van der Waals surface area contributed by atoms with Crippen LogP contribution < -0.4 is 5.32 Å². The highest BCUT2D eigenvalue weighted by molar-refractivity contribution is 5.37. The fraction of sp³-hybridized carbons (Fsp3) is 0.647. The van der Waals surface area contributed by atoms with Crippen LogP contribution in [0.2, 0.25) is 0 Å². The van der Waals surface area contributed by atoms with Crippen LogP contribution in [0.4, 0.5) is 0 Å². The monoisotopic (exact) mass is 245 g/mol.